The number of fused-ring (bicyclic) bond motifs is 1. The van der Waals surface area contributed by atoms with Gasteiger partial charge in [0.2, 0.25) is 11.8 Å². The summed E-state index contributed by atoms with van der Waals surface area (Å²) in [5.74, 6) is -0.242. The van der Waals surface area contributed by atoms with Gasteiger partial charge in [-0.25, -0.2) is 0 Å². The molecule has 0 spiro atoms. The first-order valence-corrected chi connectivity index (χ1v) is 5.95. The summed E-state index contributed by atoms with van der Waals surface area (Å²) in [7, 11) is 0. The fourth-order valence-corrected chi connectivity index (χ4v) is 2.15. The largest absolute Gasteiger partial charge is 0.324 e. The molecule has 0 saturated carbocycles. The molecule has 0 saturated heterocycles. The maximum Gasteiger partial charge on any atom is 0.240 e. The van der Waals surface area contributed by atoms with Gasteiger partial charge in [0, 0.05) is 13.0 Å². The van der Waals surface area contributed by atoms with Gasteiger partial charge in [-0.2, -0.15) is 0 Å². The van der Waals surface area contributed by atoms with Crippen LogP contribution in [0.4, 0.5) is 11.4 Å². The van der Waals surface area contributed by atoms with Crippen LogP contribution in [0, 0.1) is 13.8 Å². The second-order valence-electron chi connectivity index (χ2n) is 4.45. The van der Waals surface area contributed by atoms with E-state index in [0.29, 0.717) is 18.7 Å². The minimum Gasteiger partial charge on any atom is -0.324 e. The molecule has 5 heteroatoms. The maximum atomic E-state index is 11.9. The van der Waals surface area contributed by atoms with Gasteiger partial charge in [0.15, 0.2) is 0 Å². The van der Waals surface area contributed by atoms with E-state index in [1.807, 2.05) is 26.0 Å². The SMILES string of the molecule is Cc1ccc2c(c1C)N(C(=O)CN)CCC(=O)N2. The summed E-state index contributed by atoms with van der Waals surface area (Å²) in [5, 5.41) is 2.83. The number of carbonyl (C=O) groups is 2. The molecule has 1 aromatic rings. The van der Waals surface area contributed by atoms with E-state index in [2.05, 4.69) is 5.32 Å². The van der Waals surface area contributed by atoms with Gasteiger partial charge < -0.3 is 16.0 Å². The normalized spacial score (nSPS) is 14.8. The third-order valence-corrected chi connectivity index (χ3v) is 3.28. The zero-order valence-corrected chi connectivity index (χ0v) is 10.6. The number of rotatable bonds is 1. The average molecular weight is 247 g/mol. The molecular formula is C13H17N3O2. The smallest absolute Gasteiger partial charge is 0.240 e. The van der Waals surface area contributed by atoms with Gasteiger partial charge in [-0.05, 0) is 31.0 Å². The van der Waals surface area contributed by atoms with Crippen LogP contribution >= 0.6 is 0 Å². The first-order chi connectivity index (χ1) is 8.54. The molecule has 1 heterocycles. The lowest BCUT2D eigenvalue weighted by atomic mass is 10.1. The first kappa shape index (κ1) is 12.6. The molecule has 2 rings (SSSR count). The lowest BCUT2D eigenvalue weighted by Gasteiger charge is -2.24. The molecule has 96 valence electrons. The highest BCUT2D eigenvalue weighted by Crippen LogP contribution is 2.34. The Kier molecular flexibility index (Phi) is 3.34. The quantitative estimate of drug-likeness (QED) is 0.775. The monoisotopic (exact) mass is 247 g/mol. The van der Waals surface area contributed by atoms with Gasteiger partial charge in [-0.3, -0.25) is 9.59 Å². The lowest BCUT2D eigenvalue weighted by Crippen LogP contribution is -2.37. The summed E-state index contributed by atoms with van der Waals surface area (Å²) in [6.45, 7) is 4.25. The van der Waals surface area contributed by atoms with Crippen molar-refractivity contribution in [1.82, 2.24) is 0 Å². The Hall–Kier alpha value is -1.88. The van der Waals surface area contributed by atoms with Crippen molar-refractivity contribution in [3.8, 4) is 0 Å². The predicted octanol–water partition coefficient (Wildman–Crippen LogP) is 0.937. The highest BCUT2D eigenvalue weighted by Gasteiger charge is 2.25. The third kappa shape index (κ3) is 2.09. The zero-order valence-electron chi connectivity index (χ0n) is 10.6. The number of anilines is 2. The average Bonchev–Trinajstić information content (AvgIpc) is 2.52. The number of aryl methyl sites for hydroxylation is 1. The van der Waals surface area contributed by atoms with Gasteiger partial charge >= 0.3 is 0 Å². The van der Waals surface area contributed by atoms with E-state index >= 15 is 0 Å². The van der Waals surface area contributed by atoms with Crippen LogP contribution in [0.1, 0.15) is 17.5 Å². The van der Waals surface area contributed by atoms with Crippen molar-refractivity contribution in [3.05, 3.63) is 23.3 Å². The van der Waals surface area contributed by atoms with Crippen LogP contribution in [0.5, 0.6) is 0 Å². The number of carbonyl (C=O) groups excluding carboxylic acids is 2. The molecule has 0 fully saturated rings. The van der Waals surface area contributed by atoms with Crippen LogP contribution in [0.15, 0.2) is 12.1 Å². The van der Waals surface area contributed by atoms with E-state index in [9.17, 15) is 9.59 Å². The van der Waals surface area contributed by atoms with Gasteiger partial charge in [-0.1, -0.05) is 6.07 Å². The molecule has 5 nitrogen and oxygen atoms in total. The van der Waals surface area contributed by atoms with Crippen LogP contribution in [0.3, 0.4) is 0 Å². The molecule has 0 radical (unpaired) electrons. The number of hydrogen-bond donors (Lipinski definition) is 2. The molecule has 1 aromatic carbocycles. The van der Waals surface area contributed by atoms with Crippen molar-refractivity contribution < 1.29 is 9.59 Å². The van der Waals surface area contributed by atoms with Crippen LogP contribution < -0.4 is 16.0 Å². The fourth-order valence-electron chi connectivity index (χ4n) is 2.15. The van der Waals surface area contributed by atoms with E-state index in [1.165, 1.54) is 0 Å². The zero-order chi connectivity index (χ0) is 13.3. The Morgan fingerprint density at radius 1 is 1.44 bits per heavy atom. The summed E-state index contributed by atoms with van der Waals surface area (Å²) in [6.07, 6.45) is 0.291. The van der Waals surface area contributed by atoms with Crippen molar-refractivity contribution in [2.45, 2.75) is 20.3 Å². The summed E-state index contributed by atoms with van der Waals surface area (Å²) in [5.41, 5.74) is 8.97. The predicted molar refractivity (Wildman–Crippen MR) is 70.6 cm³/mol. The molecule has 1 aliphatic heterocycles. The summed E-state index contributed by atoms with van der Waals surface area (Å²) in [4.78, 5) is 25.1. The van der Waals surface area contributed by atoms with Gasteiger partial charge in [0.1, 0.15) is 0 Å². The molecule has 0 aliphatic carbocycles. The number of hydrogen-bond acceptors (Lipinski definition) is 3. The van der Waals surface area contributed by atoms with E-state index in [4.69, 9.17) is 5.73 Å². The number of nitrogens with one attached hydrogen (secondary N) is 1. The Labute approximate surface area is 106 Å². The molecule has 18 heavy (non-hydrogen) atoms. The van der Waals surface area contributed by atoms with Crippen LogP contribution in [-0.4, -0.2) is 24.9 Å². The number of nitrogens with zero attached hydrogens (tertiary/aromatic N) is 1. The van der Waals surface area contributed by atoms with E-state index in [-0.39, 0.29) is 18.4 Å². The second kappa shape index (κ2) is 4.78. The first-order valence-electron chi connectivity index (χ1n) is 5.95. The minimum atomic E-state index is -0.165. The highest BCUT2D eigenvalue weighted by molar-refractivity contribution is 6.05. The highest BCUT2D eigenvalue weighted by atomic mass is 16.2. The van der Waals surface area contributed by atoms with Crippen molar-refractivity contribution in [2.75, 3.05) is 23.3 Å². The number of benzene rings is 1. The number of amides is 2. The molecule has 2 amide bonds. The summed E-state index contributed by atoms with van der Waals surface area (Å²) in [6, 6.07) is 3.77. The van der Waals surface area contributed by atoms with Gasteiger partial charge in [0.25, 0.3) is 0 Å². The van der Waals surface area contributed by atoms with Crippen LogP contribution in [0.2, 0.25) is 0 Å². The second-order valence-corrected chi connectivity index (χ2v) is 4.45. The van der Waals surface area contributed by atoms with Crippen LogP contribution in [-0.2, 0) is 9.59 Å². The molecular weight excluding hydrogens is 230 g/mol. The van der Waals surface area contributed by atoms with Crippen LogP contribution in [0.25, 0.3) is 0 Å². The summed E-state index contributed by atoms with van der Waals surface area (Å²) >= 11 is 0. The maximum absolute atomic E-state index is 11.9. The van der Waals surface area contributed by atoms with Gasteiger partial charge in [0.05, 0.1) is 17.9 Å². The molecule has 3 N–H and O–H groups in total. The molecule has 1 aliphatic rings. The lowest BCUT2D eigenvalue weighted by molar-refractivity contribution is -0.117. The Morgan fingerprint density at radius 3 is 2.83 bits per heavy atom. The van der Waals surface area contributed by atoms with Gasteiger partial charge in [-0.15, -0.1) is 0 Å². The number of nitrogens with two attached hydrogens (primary N) is 1. The molecule has 0 aromatic heterocycles. The minimum absolute atomic E-state index is 0.0546. The topological polar surface area (TPSA) is 75.4 Å². The molecule has 0 unspecified atom stereocenters. The van der Waals surface area contributed by atoms with E-state index in [0.717, 1.165) is 16.8 Å². The fraction of sp³-hybridized carbons (Fsp3) is 0.385. The summed E-state index contributed by atoms with van der Waals surface area (Å²) < 4.78 is 0. The van der Waals surface area contributed by atoms with Crippen molar-refractivity contribution in [3.63, 3.8) is 0 Å². The molecule has 0 atom stereocenters. The Morgan fingerprint density at radius 2 is 2.17 bits per heavy atom. The molecule has 0 bridgehead atoms. The third-order valence-electron chi connectivity index (χ3n) is 3.28. The van der Waals surface area contributed by atoms with Crippen molar-refractivity contribution in [2.24, 2.45) is 5.73 Å². The van der Waals surface area contributed by atoms with Crippen molar-refractivity contribution in [1.29, 1.82) is 0 Å². The Balaban J connectivity index is 2.58. The van der Waals surface area contributed by atoms with E-state index < -0.39 is 0 Å². The van der Waals surface area contributed by atoms with E-state index in [1.54, 1.807) is 4.90 Å². The standard InChI is InChI=1S/C13H17N3O2/c1-8-3-4-10-13(9(8)2)16(12(18)7-14)6-5-11(17)15-10/h3-4H,5-7,14H2,1-2H3,(H,15,17). The van der Waals surface area contributed by atoms with Crippen molar-refractivity contribution >= 4 is 23.2 Å². The Bertz CT molecular complexity index is 511.